The minimum absolute atomic E-state index is 0.0289. The van der Waals surface area contributed by atoms with Crippen molar-refractivity contribution < 1.29 is 9.84 Å². The van der Waals surface area contributed by atoms with Gasteiger partial charge in [0.1, 0.15) is 11.5 Å². The number of ether oxygens (including phenoxy) is 1. The van der Waals surface area contributed by atoms with E-state index in [0.29, 0.717) is 5.92 Å². The van der Waals surface area contributed by atoms with Gasteiger partial charge in [0.2, 0.25) is 0 Å². The van der Waals surface area contributed by atoms with Gasteiger partial charge in [0.25, 0.3) is 0 Å². The molecule has 2 aliphatic carbocycles. The number of rotatable bonds is 3. The molecule has 2 aliphatic rings. The zero-order valence-corrected chi connectivity index (χ0v) is 8.97. The van der Waals surface area contributed by atoms with Crippen LogP contribution in [-0.2, 0) is 0 Å². The van der Waals surface area contributed by atoms with Gasteiger partial charge in [0.15, 0.2) is 0 Å². The first-order valence-corrected chi connectivity index (χ1v) is 5.57. The van der Waals surface area contributed by atoms with E-state index in [9.17, 15) is 5.11 Å². The lowest BCUT2D eigenvalue weighted by molar-refractivity contribution is 0.224. The van der Waals surface area contributed by atoms with Gasteiger partial charge in [-0.05, 0) is 24.6 Å². The van der Waals surface area contributed by atoms with Crippen LogP contribution in [0.15, 0.2) is 54.3 Å². The molecule has 2 heteroatoms. The number of benzene rings is 1. The van der Waals surface area contributed by atoms with Crippen LogP contribution in [0.1, 0.15) is 6.42 Å². The first-order chi connectivity index (χ1) is 7.84. The summed E-state index contributed by atoms with van der Waals surface area (Å²) in [5.74, 6) is 2.20. The molecule has 1 N–H and O–H groups in total. The number of aliphatic hydroxyl groups excluding tert-OH is 1. The van der Waals surface area contributed by atoms with Gasteiger partial charge in [-0.3, -0.25) is 0 Å². The maximum absolute atomic E-state index is 9.34. The zero-order chi connectivity index (χ0) is 11.0. The molecule has 0 aromatic heterocycles. The first-order valence-electron chi connectivity index (χ1n) is 5.57. The molecule has 0 amide bonds. The maximum Gasteiger partial charge on any atom is 0.126 e. The van der Waals surface area contributed by atoms with Crippen molar-refractivity contribution in [3.8, 4) is 5.75 Å². The second-order valence-electron chi connectivity index (χ2n) is 4.49. The van der Waals surface area contributed by atoms with Crippen molar-refractivity contribution in [2.75, 3.05) is 6.61 Å². The Bertz CT molecular complexity index is 447. The van der Waals surface area contributed by atoms with Crippen LogP contribution in [0.4, 0.5) is 0 Å². The van der Waals surface area contributed by atoms with Crippen LogP contribution < -0.4 is 4.74 Å². The fourth-order valence-corrected chi connectivity index (χ4v) is 2.30. The van der Waals surface area contributed by atoms with Gasteiger partial charge in [-0.15, -0.1) is 0 Å². The van der Waals surface area contributed by atoms with E-state index in [0.717, 1.165) is 17.9 Å². The molecule has 1 saturated carbocycles. The standard InChI is InChI=1S/C14H14O2/c15-10-14-8-4-7-13(12(14)9-14)16-11-5-2-1-3-6-11/h1-8,12,15H,9-10H2. The fourth-order valence-electron chi connectivity index (χ4n) is 2.30. The van der Waals surface area contributed by atoms with E-state index in [4.69, 9.17) is 4.74 Å². The first kappa shape index (κ1) is 9.67. The lowest BCUT2D eigenvalue weighted by Crippen LogP contribution is -2.12. The number of allylic oxidation sites excluding steroid dienone is 3. The Labute approximate surface area is 94.9 Å². The predicted octanol–water partition coefficient (Wildman–Crippen LogP) is 2.52. The van der Waals surface area contributed by atoms with E-state index in [1.807, 2.05) is 42.5 Å². The zero-order valence-electron chi connectivity index (χ0n) is 8.97. The summed E-state index contributed by atoms with van der Waals surface area (Å²) in [6, 6.07) is 9.78. The van der Waals surface area contributed by atoms with Gasteiger partial charge in [0.05, 0.1) is 6.61 Å². The third-order valence-electron chi connectivity index (χ3n) is 3.42. The van der Waals surface area contributed by atoms with Gasteiger partial charge in [0, 0.05) is 11.3 Å². The SMILES string of the molecule is OCC12C=CC=C(Oc3ccccc3)C1C2. The van der Waals surface area contributed by atoms with Crippen molar-refractivity contribution >= 4 is 0 Å². The van der Waals surface area contributed by atoms with Crippen molar-refractivity contribution in [2.45, 2.75) is 6.42 Å². The van der Waals surface area contributed by atoms with Crippen LogP contribution in [0.5, 0.6) is 5.75 Å². The smallest absolute Gasteiger partial charge is 0.126 e. The van der Waals surface area contributed by atoms with E-state index in [2.05, 4.69) is 6.08 Å². The molecule has 0 bridgehead atoms. The second kappa shape index (κ2) is 3.49. The Morgan fingerprint density at radius 3 is 2.88 bits per heavy atom. The van der Waals surface area contributed by atoms with E-state index < -0.39 is 0 Å². The molecule has 0 aliphatic heterocycles. The molecule has 1 fully saturated rings. The lowest BCUT2D eigenvalue weighted by atomic mass is 9.99. The Kier molecular flexibility index (Phi) is 2.11. The summed E-state index contributed by atoms with van der Waals surface area (Å²) < 4.78 is 5.83. The Balaban J connectivity index is 1.78. The molecule has 0 spiro atoms. The molecule has 82 valence electrons. The Morgan fingerprint density at radius 1 is 1.31 bits per heavy atom. The number of hydrogen-bond donors (Lipinski definition) is 1. The highest BCUT2D eigenvalue weighted by molar-refractivity contribution is 5.35. The van der Waals surface area contributed by atoms with Crippen molar-refractivity contribution in [3.05, 3.63) is 54.3 Å². The molecule has 3 rings (SSSR count). The van der Waals surface area contributed by atoms with Gasteiger partial charge in [-0.25, -0.2) is 0 Å². The summed E-state index contributed by atoms with van der Waals surface area (Å²) in [4.78, 5) is 0. The number of fused-ring (bicyclic) bond motifs is 1. The predicted molar refractivity (Wildman–Crippen MR) is 61.9 cm³/mol. The van der Waals surface area contributed by atoms with Gasteiger partial charge >= 0.3 is 0 Å². The molecule has 2 unspecified atom stereocenters. The normalized spacial score (nSPS) is 30.6. The third-order valence-corrected chi connectivity index (χ3v) is 3.42. The van der Waals surface area contributed by atoms with Crippen LogP contribution in [0.2, 0.25) is 0 Å². The molecule has 0 heterocycles. The summed E-state index contributed by atoms with van der Waals surface area (Å²) in [6.45, 7) is 0.212. The summed E-state index contributed by atoms with van der Waals surface area (Å²) in [5.41, 5.74) is -0.0289. The molecule has 0 radical (unpaired) electrons. The van der Waals surface area contributed by atoms with Crippen LogP contribution in [-0.4, -0.2) is 11.7 Å². The lowest BCUT2D eigenvalue weighted by Gasteiger charge is -2.16. The van der Waals surface area contributed by atoms with Crippen LogP contribution in [0.25, 0.3) is 0 Å². The summed E-state index contributed by atoms with van der Waals surface area (Å²) in [6.07, 6.45) is 7.07. The quantitative estimate of drug-likeness (QED) is 0.837. The third kappa shape index (κ3) is 1.46. The highest BCUT2D eigenvalue weighted by Gasteiger charge is 2.55. The van der Waals surface area contributed by atoms with E-state index in [1.54, 1.807) is 0 Å². The highest BCUT2D eigenvalue weighted by Crippen LogP contribution is 2.59. The minimum atomic E-state index is -0.0289. The van der Waals surface area contributed by atoms with Gasteiger partial charge in [-0.1, -0.05) is 30.4 Å². The summed E-state index contributed by atoms with van der Waals surface area (Å²) >= 11 is 0. The van der Waals surface area contributed by atoms with E-state index >= 15 is 0 Å². The van der Waals surface area contributed by atoms with Crippen LogP contribution in [0, 0.1) is 11.3 Å². The van der Waals surface area contributed by atoms with E-state index in [-0.39, 0.29) is 12.0 Å². The molecule has 2 nitrogen and oxygen atoms in total. The molecular weight excluding hydrogens is 200 g/mol. The molecule has 2 atom stereocenters. The largest absolute Gasteiger partial charge is 0.461 e. The van der Waals surface area contributed by atoms with Crippen molar-refractivity contribution in [3.63, 3.8) is 0 Å². The van der Waals surface area contributed by atoms with Crippen LogP contribution in [0.3, 0.4) is 0 Å². The number of aliphatic hydroxyl groups is 1. The highest BCUT2D eigenvalue weighted by atomic mass is 16.5. The minimum Gasteiger partial charge on any atom is -0.461 e. The molecular formula is C14H14O2. The van der Waals surface area contributed by atoms with Crippen molar-refractivity contribution in [1.29, 1.82) is 0 Å². The summed E-state index contributed by atoms with van der Waals surface area (Å²) in [7, 11) is 0. The van der Waals surface area contributed by atoms with Crippen molar-refractivity contribution in [1.82, 2.24) is 0 Å². The maximum atomic E-state index is 9.34. The second-order valence-corrected chi connectivity index (χ2v) is 4.49. The molecule has 0 saturated heterocycles. The van der Waals surface area contributed by atoms with E-state index in [1.165, 1.54) is 0 Å². The van der Waals surface area contributed by atoms with Gasteiger partial charge in [-0.2, -0.15) is 0 Å². The number of para-hydroxylation sites is 1. The monoisotopic (exact) mass is 214 g/mol. The Hall–Kier alpha value is -1.54. The number of hydrogen-bond acceptors (Lipinski definition) is 2. The average Bonchev–Trinajstić information content (AvgIpc) is 3.07. The molecule has 1 aromatic rings. The molecule has 16 heavy (non-hydrogen) atoms. The fraction of sp³-hybridized carbons (Fsp3) is 0.286. The summed E-state index contributed by atoms with van der Waals surface area (Å²) in [5, 5.41) is 9.34. The van der Waals surface area contributed by atoms with Crippen molar-refractivity contribution in [2.24, 2.45) is 11.3 Å². The topological polar surface area (TPSA) is 29.5 Å². The molecule has 1 aromatic carbocycles. The van der Waals surface area contributed by atoms with Gasteiger partial charge < -0.3 is 9.84 Å². The van der Waals surface area contributed by atoms with Crippen LogP contribution >= 0.6 is 0 Å². The Morgan fingerprint density at radius 2 is 2.12 bits per heavy atom. The average molecular weight is 214 g/mol.